The van der Waals surface area contributed by atoms with E-state index in [1.165, 1.54) is 5.56 Å². The molecule has 0 saturated heterocycles. The number of rotatable bonds is 0. The molecule has 2 nitrogen and oxygen atoms in total. The van der Waals surface area contributed by atoms with Crippen LogP contribution in [0.5, 0.6) is 0 Å². The molecule has 0 amide bonds. The number of nitrogens with one attached hydrogen (secondary N) is 1. The Morgan fingerprint density at radius 2 is 1.59 bits per heavy atom. The van der Waals surface area contributed by atoms with Gasteiger partial charge in [-0.3, -0.25) is 0 Å². The van der Waals surface area contributed by atoms with E-state index < -0.39 is 0 Å². The van der Waals surface area contributed by atoms with Gasteiger partial charge >= 0.3 is 0 Å². The molecule has 1 aromatic heterocycles. The lowest BCUT2D eigenvalue weighted by atomic mass is 9.86. The molecular formula is C15H22N2. The highest BCUT2D eigenvalue weighted by molar-refractivity contribution is 5.80. The minimum atomic E-state index is 0.0637. The molecule has 1 aromatic carbocycles. The van der Waals surface area contributed by atoms with Crippen LogP contribution >= 0.6 is 0 Å². The summed E-state index contributed by atoms with van der Waals surface area (Å²) < 4.78 is 0. The normalized spacial score (nSPS) is 13.3. The average Bonchev–Trinajstić information content (AvgIpc) is 2.57. The third kappa shape index (κ3) is 2.21. The first kappa shape index (κ1) is 12.2. The van der Waals surface area contributed by atoms with Crippen molar-refractivity contribution in [3.8, 4) is 0 Å². The van der Waals surface area contributed by atoms with Crippen LogP contribution in [-0.2, 0) is 10.8 Å². The van der Waals surface area contributed by atoms with E-state index in [0.717, 1.165) is 16.9 Å². The largest absolute Gasteiger partial charge is 0.342 e. The molecule has 0 saturated carbocycles. The molecule has 0 spiro atoms. The summed E-state index contributed by atoms with van der Waals surface area (Å²) >= 11 is 0. The lowest BCUT2D eigenvalue weighted by Gasteiger charge is -2.19. The van der Waals surface area contributed by atoms with Crippen LogP contribution in [0.3, 0.4) is 0 Å². The molecule has 0 fully saturated rings. The van der Waals surface area contributed by atoms with Gasteiger partial charge in [0.1, 0.15) is 5.82 Å². The van der Waals surface area contributed by atoms with Crippen LogP contribution < -0.4 is 0 Å². The van der Waals surface area contributed by atoms with Gasteiger partial charge in [-0.25, -0.2) is 4.98 Å². The summed E-state index contributed by atoms with van der Waals surface area (Å²) in [7, 11) is 0. The van der Waals surface area contributed by atoms with Gasteiger partial charge in [-0.15, -0.1) is 0 Å². The monoisotopic (exact) mass is 230 g/mol. The predicted octanol–water partition coefficient (Wildman–Crippen LogP) is 4.16. The fourth-order valence-corrected chi connectivity index (χ4v) is 1.99. The zero-order valence-electron chi connectivity index (χ0n) is 11.7. The summed E-state index contributed by atoms with van der Waals surface area (Å²) in [5.41, 5.74) is 3.76. The average molecular weight is 230 g/mol. The minimum absolute atomic E-state index is 0.0637. The number of benzene rings is 1. The molecule has 2 rings (SSSR count). The molecule has 0 bridgehead atoms. The molecule has 0 aliphatic carbocycles. The zero-order chi connectivity index (χ0) is 12.8. The van der Waals surface area contributed by atoms with Gasteiger partial charge in [0.15, 0.2) is 0 Å². The maximum absolute atomic E-state index is 4.79. The van der Waals surface area contributed by atoms with E-state index in [1.807, 2.05) is 0 Å². The van der Waals surface area contributed by atoms with E-state index in [0.29, 0.717) is 0 Å². The highest BCUT2D eigenvalue weighted by atomic mass is 14.9. The Labute approximate surface area is 103 Å². The molecule has 2 heteroatoms. The van der Waals surface area contributed by atoms with Gasteiger partial charge in [0.05, 0.1) is 11.0 Å². The Balaban J connectivity index is 2.70. The number of hydrogen-bond donors (Lipinski definition) is 1. The standard InChI is InChI=1S/C15H22N2/c1-14(2,3)10-8-7-9-11-12(10)17-13(16-11)15(4,5)6/h7-9H,1-6H3,(H,16,17). The summed E-state index contributed by atoms with van der Waals surface area (Å²) in [6, 6.07) is 6.38. The van der Waals surface area contributed by atoms with E-state index in [1.54, 1.807) is 0 Å². The van der Waals surface area contributed by atoms with Gasteiger partial charge in [-0.1, -0.05) is 53.7 Å². The fraction of sp³-hybridized carbons (Fsp3) is 0.533. The zero-order valence-corrected chi connectivity index (χ0v) is 11.7. The number of para-hydroxylation sites is 1. The molecule has 1 N–H and O–H groups in total. The van der Waals surface area contributed by atoms with Crippen molar-refractivity contribution in [2.75, 3.05) is 0 Å². The second-order valence-corrected chi connectivity index (χ2v) is 6.79. The predicted molar refractivity (Wildman–Crippen MR) is 73.5 cm³/mol. The molecular weight excluding hydrogens is 208 g/mol. The number of nitrogens with zero attached hydrogens (tertiary/aromatic N) is 1. The third-order valence-corrected chi connectivity index (χ3v) is 3.03. The van der Waals surface area contributed by atoms with Crippen LogP contribution in [0.2, 0.25) is 0 Å². The van der Waals surface area contributed by atoms with Crippen molar-refractivity contribution < 1.29 is 0 Å². The van der Waals surface area contributed by atoms with Crippen molar-refractivity contribution >= 4 is 11.0 Å². The topological polar surface area (TPSA) is 28.7 Å². The molecule has 1 heterocycles. The van der Waals surface area contributed by atoms with Gasteiger partial charge in [-0.05, 0) is 17.0 Å². The van der Waals surface area contributed by atoms with Crippen molar-refractivity contribution in [3.63, 3.8) is 0 Å². The lowest BCUT2D eigenvalue weighted by molar-refractivity contribution is 0.553. The van der Waals surface area contributed by atoms with Crippen molar-refractivity contribution in [3.05, 3.63) is 29.6 Å². The maximum atomic E-state index is 4.79. The van der Waals surface area contributed by atoms with E-state index in [2.05, 4.69) is 64.7 Å². The van der Waals surface area contributed by atoms with Gasteiger partial charge in [0.25, 0.3) is 0 Å². The number of imidazole rings is 1. The lowest BCUT2D eigenvalue weighted by Crippen LogP contribution is -2.14. The van der Waals surface area contributed by atoms with Crippen LogP contribution in [0.25, 0.3) is 11.0 Å². The molecule has 92 valence electrons. The smallest absolute Gasteiger partial charge is 0.112 e. The molecule has 0 aliphatic heterocycles. The van der Waals surface area contributed by atoms with Gasteiger partial charge in [0, 0.05) is 5.41 Å². The maximum Gasteiger partial charge on any atom is 0.112 e. The Kier molecular flexibility index (Phi) is 2.57. The van der Waals surface area contributed by atoms with Crippen molar-refractivity contribution in [1.29, 1.82) is 0 Å². The Morgan fingerprint density at radius 3 is 2.12 bits per heavy atom. The van der Waals surface area contributed by atoms with Crippen LogP contribution in [0, 0.1) is 0 Å². The second kappa shape index (κ2) is 3.59. The number of fused-ring (bicyclic) bond motifs is 1. The molecule has 0 unspecified atom stereocenters. The van der Waals surface area contributed by atoms with Crippen molar-refractivity contribution in [2.24, 2.45) is 0 Å². The van der Waals surface area contributed by atoms with Crippen LogP contribution in [-0.4, -0.2) is 9.97 Å². The van der Waals surface area contributed by atoms with Crippen molar-refractivity contribution in [1.82, 2.24) is 9.97 Å². The summed E-state index contributed by atoms with van der Waals surface area (Å²) in [4.78, 5) is 8.23. The number of hydrogen-bond acceptors (Lipinski definition) is 1. The Hall–Kier alpha value is -1.31. The van der Waals surface area contributed by atoms with Crippen LogP contribution in [0.4, 0.5) is 0 Å². The Bertz CT molecular complexity index is 536. The molecule has 0 atom stereocenters. The molecule has 2 aromatic rings. The van der Waals surface area contributed by atoms with E-state index >= 15 is 0 Å². The first-order chi connectivity index (χ1) is 7.69. The van der Waals surface area contributed by atoms with Gasteiger partial charge in [0.2, 0.25) is 0 Å². The first-order valence-corrected chi connectivity index (χ1v) is 6.19. The fourth-order valence-electron chi connectivity index (χ4n) is 1.99. The first-order valence-electron chi connectivity index (χ1n) is 6.19. The third-order valence-electron chi connectivity index (χ3n) is 3.03. The molecule has 17 heavy (non-hydrogen) atoms. The van der Waals surface area contributed by atoms with E-state index in [4.69, 9.17) is 4.98 Å². The SMILES string of the molecule is CC(C)(C)c1nc2c(C(C)(C)C)cccc2[nH]1. The second-order valence-electron chi connectivity index (χ2n) is 6.79. The number of aromatic nitrogens is 2. The van der Waals surface area contributed by atoms with E-state index in [-0.39, 0.29) is 10.8 Å². The van der Waals surface area contributed by atoms with E-state index in [9.17, 15) is 0 Å². The number of aromatic amines is 1. The molecule has 0 radical (unpaired) electrons. The Morgan fingerprint density at radius 1 is 0.941 bits per heavy atom. The summed E-state index contributed by atoms with van der Waals surface area (Å²) in [5, 5.41) is 0. The van der Waals surface area contributed by atoms with Gasteiger partial charge in [-0.2, -0.15) is 0 Å². The summed E-state index contributed by atoms with van der Waals surface area (Å²) in [6.45, 7) is 13.2. The highest BCUT2D eigenvalue weighted by Gasteiger charge is 2.22. The minimum Gasteiger partial charge on any atom is -0.342 e. The highest BCUT2D eigenvalue weighted by Crippen LogP contribution is 2.30. The van der Waals surface area contributed by atoms with Crippen LogP contribution in [0.1, 0.15) is 52.9 Å². The quantitative estimate of drug-likeness (QED) is 0.723. The molecule has 0 aliphatic rings. The van der Waals surface area contributed by atoms with Crippen LogP contribution in [0.15, 0.2) is 18.2 Å². The van der Waals surface area contributed by atoms with Crippen molar-refractivity contribution in [2.45, 2.75) is 52.4 Å². The summed E-state index contributed by atoms with van der Waals surface area (Å²) in [6.07, 6.45) is 0. The summed E-state index contributed by atoms with van der Waals surface area (Å²) in [5.74, 6) is 1.06. The van der Waals surface area contributed by atoms with Gasteiger partial charge < -0.3 is 4.98 Å². The number of H-pyrrole nitrogens is 1.